The van der Waals surface area contributed by atoms with Gasteiger partial charge in [-0.25, -0.2) is 4.79 Å². The largest absolute Gasteiger partial charge is 0.480 e. The second kappa shape index (κ2) is 39.0. The molecule has 0 radical (unpaired) electrons. The number of unbranched alkanes of at least 4 members (excludes halogenated alkanes) is 3. The summed E-state index contributed by atoms with van der Waals surface area (Å²) >= 11 is 0. The van der Waals surface area contributed by atoms with Crippen molar-refractivity contribution in [2.75, 3.05) is 26.2 Å². The number of fused-ring (bicyclic) bond motifs is 4. The van der Waals surface area contributed by atoms with E-state index in [4.69, 9.17) is 34.4 Å². The number of H-pyrrole nitrogens is 4. The van der Waals surface area contributed by atoms with Crippen LogP contribution in [0.5, 0.6) is 0 Å². The number of amides is 8. The van der Waals surface area contributed by atoms with Crippen LogP contribution in [0.25, 0.3) is 43.6 Å². The van der Waals surface area contributed by atoms with Gasteiger partial charge in [-0.1, -0.05) is 99.5 Å². The van der Waals surface area contributed by atoms with Crippen molar-refractivity contribution < 1.29 is 48.3 Å². The predicted molar refractivity (Wildman–Crippen MR) is 397 cm³/mol. The molecule has 0 fully saturated rings. The summed E-state index contributed by atoms with van der Waals surface area (Å²) in [6.45, 7) is 4.61. The molecule has 0 bridgehead atoms. The zero-order chi connectivity index (χ0) is 74.0. The monoisotopic (exact) mass is 1420 g/mol. The molecular weight excluding hydrogens is 1310 g/mol. The first-order chi connectivity index (χ1) is 49.7. The number of carboxylic acid groups (broad SMARTS) is 1. The normalized spacial score (nSPS) is 14.4. The summed E-state index contributed by atoms with van der Waals surface area (Å²) in [5, 5.41) is 36.1. The third-order valence-electron chi connectivity index (χ3n) is 18.7. The number of hydrogen-bond acceptors (Lipinski definition) is 14. The molecule has 552 valence electrons. The zero-order valence-electron chi connectivity index (χ0n) is 58.5. The fourth-order valence-electron chi connectivity index (χ4n) is 12.7. The van der Waals surface area contributed by atoms with E-state index < -0.39 is 114 Å². The minimum absolute atomic E-state index is 0.00697. The summed E-state index contributed by atoms with van der Waals surface area (Å²) in [6, 6.07) is 17.8. The van der Waals surface area contributed by atoms with Crippen LogP contribution in [-0.2, 0) is 68.8 Å². The van der Waals surface area contributed by atoms with Crippen molar-refractivity contribution in [1.29, 1.82) is 0 Å². The Morgan fingerprint density at radius 3 is 1.05 bits per heavy atom. The van der Waals surface area contributed by atoms with E-state index in [9.17, 15) is 24.3 Å². The van der Waals surface area contributed by atoms with Crippen LogP contribution in [0.4, 0.5) is 0 Å². The SMILES string of the molecule is CC[C@H](C)[C@H](NC(=O)[C@H](CCCCN)NC(=O)[C@H](Cc1c[nH]c2ccccc12)NC(=O)[C@H](Cc1c[nH]c2ccccc12)NC(=O)[C@@H](N)CCCCN)C(=O)N[C@@H](Cc1c[nH]c2ccccc12)C(=O)N[C@@H](Cc1c[nH]c2ccccc12)C(=O)N[C@@H](CCCCN)C(=O)N[C@@H](CCCN=C(N)N)C(=O)O. The van der Waals surface area contributed by atoms with Crippen molar-refractivity contribution in [3.8, 4) is 0 Å². The van der Waals surface area contributed by atoms with E-state index in [0.717, 1.165) is 43.6 Å². The lowest BCUT2D eigenvalue weighted by molar-refractivity contribution is -0.142. The van der Waals surface area contributed by atoms with Gasteiger partial charge in [0.1, 0.15) is 48.3 Å². The number of nitrogens with one attached hydrogen (secondary N) is 12. The summed E-state index contributed by atoms with van der Waals surface area (Å²) in [6.07, 6.45) is 10.3. The first kappa shape index (κ1) is 78.1. The number of hydrogen-bond donors (Lipinski definition) is 19. The number of guanidine groups is 1. The van der Waals surface area contributed by atoms with Gasteiger partial charge < -0.3 is 102 Å². The molecule has 0 saturated carbocycles. The van der Waals surface area contributed by atoms with Gasteiger partial charge in [0.15, 0.2) is 5.96 Å². The highest BCUT2D eigenvalue weighted by Crippen LogP contribution is 2.25. The maximum Gasteiger partial charge on any atom is 0.326 e. The first-order valence-electron chi connectivity index (χ1n) is 35.5. The number of aromatic amines is 4. The lowest BCUT2D eigenvalue weighted by Crippen LogP contribution is -2.62. The Balaban J connectivity index is 1.08. The lowest BCUT2D eigenvalue weighted by Gasteiger charge is -2.30. The van der Waals surface area contributed by atoms with E-state index in [1.54, 1.807) is 31.7 Å². The zero-order valence-corrected chi connectivity index (χ0v) is 58.5. The summed E-state index contributed by atoms with van der Waals surface area (Å²) in [5.41, 5.74) is 40.6. The number of benzene rings is 4. The summed E-state index contributed by atoms with van der Waals surface area (Å²) < 4.78 is 0. The molecule has 0 spiro atoms. The maximum absolute atomic E-state index is 15.4. The second-order valence-electron chi connectivity index (χ2n) is 26.3. The number of rotatable bonds is 43. The average molecular weight is 1420 g/mol. The van der Waals surface area contributed by atoms with Crippen LogP contribution in [0.2, 0.25) is 0 Å². The van der Waals surface area contributed by atoms with Gasteiger partial charge in [-0.3, -0.25) is 43.3 Å². The fourth-order valence-corrected chi connectivity index (χ4v) is 12.7. The lowest BCUT2D eigenvalue weighted by atomic mass is 9.96. The molecule has 8 aromatic rings. The van der Waals surface area contributed by atoms with E-state index in [-0.39, 0.29) is 77.0 Å². The van der Waals surface area contributed by atoms with Crippen molar-refractivity contribution >= 4 is 103 Å². The molecule has 0 aliphatic carbocycles. The van der Waals surface area contributed by atoms with E-state index >= 15 is 24.0 Å². The minimum Gasteiger partial charge on any atom is -0.480 e. The van der Waals surface area contributed by atoms with Crippen molar-refractivity contribution in [3.05, 3.63) is 144 Å². The molecule has 29 nitrogen and oxygen atoms in total. The molecule has 0 aliphatic heterocycles. The number of carbonyl (C=O) groups is 9. The van der Waals surface area contributed by atoms with Crippen molar-refractivity contribution in [2.24, 2.45) is 45.3 Å². The number of nitrogens with zero attached hydrogens (tertiary/aromatic N) is 1. The van der Waals surface area contributed by atoms with Gasteiger partial charge in [0.2, 0.25) is 47.3 Å². The van der Waals surface area contributed by atoms with Crippen molar-refractivity contribution in [2.45, 2.75) is 171 Å². The van der Waals surface area contributed by atoms with Gasteiger partial charge in [-0.15, -0.1) is 0 Å². The van der Waals surface area contributed by atoms with Crippen LogP contribution in [0.15, 0.2) is 127 Å². The number of nitrogens with two attached hydrogens (primary N) is 6. The Kier molecular flexibility index (Phi) is 29.6. The maximum atomic E-state index is 15.4. The molecule has 4 aromatic heterocycles. The minimum atomic E-state index is -1.45. The number of aliphatic carboxylic acids is 1. The van der Waals surface area contributed by atoms with Gasteiger partial charge in [0.05, 0.1) is 6.04 Å². The quantitative estimate of drug-likeness (QED) is 0.0148. The highest BCUT2D eigenvalue weighted by Gasteiger charge is 2.38. The summed E-state index contributed by atoms with van der Waals surface area (Å²) in [5.74, 6) is -8.07. The van der Waals surface area contributed by atoms with E-state index in [1.165, 1.54) is 0 Å². The summed E-state index contributed by atoms with van der Waals surface area (Å²) in [4.78, 5) is 149. The Hall–Kier alpha value is -10.6. The highest BCUT2D eigenvalue weighted by molar-refractivity contribution is 6.00. The highest BCUT2D eigenvalue weighted by atomic mass is 16.4. The van der Waals surface area contributed by atoms with Crippen LogP contribution >= 0.6 is 0 Å². The topological polar surface area (TPSA) is 502 Å². The second-order valence-corrected chi connectivity index (χ2v) is 26.3. The van der Waals surface area contributed by atoms with E-state index in [0.29, 0.717) is 80.2 Å². The fraction of sp³-hybridized carbons (Fsp3) is 0.432. The molecule has 4 heterocycles. The standard InChI is InChI=1S/C74H101N19O10/c1-3-43(2)64(93-67(96)58(29-14-17-33-77)87-69(98)62(37-46-41-84-55-26-10-6-21-50(46)55)90-70(99)60(89-65(94)52(78)23-12-15-31-75)35-44-39-82-53-24-8-4-19-48(44)53)72(101)92-63(38-47-42-85-56-27-11-7-22-51(47)56)71(100)91-61(36-45-40-83-54-25-9-5-20-49(45)54)68(97)86-57(28-13-16-32-76)66(95)88-59(73(102)103)30-18-34-81-74(79)80/h4-11,19-22,24-27,39-43,52,57-64,82-85H,3,12-18,23,28-38,75-78H2,1-2H3,(H,86,97)(H,87,98)(H,88,95)(H,89,94)(H,90,99)(H,91,100)(H,92,101)(H,93,96)(H,102,103)(H4,79,80,81)/t43-,52-,57-,58-,59-,60-,61-,62-,63-,64-/m0/s1. The number of aromatic nitrogens is 4. The summed E-state index contributed by atoms with van der Waals surface area (Å²) in [7, 11) is 0. The molecule has 8 amide bonds. The number of carbonyl (C=O) groups excluding carboxylic acids is 8. The van der Waals surface area contributed by atoms with Crippen LogP contribution in [0, 0.1) is 5.92 Å². The van der Waals surface area contributed by atoms with E-state index in [2.05, 4.69) is 67.5 Å². The Labute approximate surface area is 597 Å². The third kappa shape index (κ3) is 22.2. The number of aliphatic imine (C=N–C) groups is 1. The molecule has 8 rings (SSSR count). The van der Waals surface area contributed by atoms with Crippen LogP contribution < -0.4 is 76.9 Å². The molecule has 0 unspecified atom stereocenters. The van der Waals surface area contributed by atoms with Gasteiger partial charge in [-0.2, -0.15) is 0 Å². The Morgan fingerprint density at radius 1 is 0.398 bits per heavy atom. The molecular formula is C74H101N19O10. The van der Waals surface area contributed by atoms with Crippen molar-refractivity contribution in [3.63, 3.8) is 0 Å². The first-order valence-corrected chi connectivity index (χ1v) is 35.5. The molecule has 10 atom stereocenters. The molecule has 103 heavy (non-hydrogen) atoms. The van der Waals surface area contributed by atoms with Crippen molar-refractivity contribution in [1.82, 2.24) is 62.5 Å². The van der Waals surface area contributed by atoms with Gasteiger partial charge in [0, 0.05) is 101 Å². The average Bonchev–Trinajstić information content (AvgIpc) is 1.64. The number of para-hydroxylation sites is 4. The molecule has 29 heteroatoms. The smallest absolute Gasteiger partial charge is 0.326 e. The van der Waals surface area contributed by atoms with Crippen LogP contribution in [0.3, 0.4) is 0 Å². The molecule has 4 aromatic carbocycles. The molecule has 25 N–H and O–H groups in total. The third-order valence-corrected chi connectivity index (χ3v) is 18.7. The molecule has 0 aliphatic rings. The molecule has 0 saturated heterocycles. The van der Waals surface area contributed by atoms with Crippen LogP contribution in [-0.4, -0.2) is 165 Å². The Bertz CT molecular complexity index is 4190. The van der Waals surface area contributed by atoms with Crippen LogP contribution in [0.1, 0.15) is 113 Å². The number of carboxylic acids is 1. The van der Waals surface area contributed by atoms with Gasteiger partial charge in [0.25, 0.3) is 0 Å². The Morgan fingerprint density at radius 2 is 0.699 bits per heavy atom. The van der Waals surface area contributed by atoms with Gasteiger partial charge >= 0.3 is 5.97 Å². The van der Waals surface area contributed by atoms with Gasteiger partial charge in [-0.05, 0) is 136 Å². The van der Waals surface area contributed by atoms with E-state index in [1.807, 2.05) is 104 Å². The predicted octanol–water partition coefficient (Wildman–Crippen LogP) is 2.66.